The van der Waals surface area contributed by atoms with Crippen LogP contribution in [0.4, 0.5) is 5.69 Å². The molecule has 3 aromatic rings. The molecule has 5 heteroatoms. The van der Waals surface area contributed by atoms with Crippen LogP contribution in [0.1, 0.15) is 16.7 Å². The summed E-state index contributed by atoms with van der Waals surface area (Å²) in [6, 6.07) is 15.5. The van der Waals surface area contributed by atoms with Crippen LogP contribution in [0.2, 0.25) is 0 Å². The minimum Gasteiger partial charge on any atom is -0.494 e. The first-order valence-electron chi connectivity index (χ1n) is 7.39. The lowest BCUT2D eigenvalue weighted by atomic mass is 10.1. The second-order valence-corrected chi connectivity index (χ2v) is 5.47. The van der Waals surface area contributed by atoms with Crippen molar-refractivity contribution in [2.24, 2.45) is 12.0 Å². The number of pyridine rings is 1. The highest BCUT2D eigenvalue weighted by Gasteiger charge is 2.15. The Balaban J connectivity index is 2.18. The van der Waals surface area contributed by atoms with Gasteiger partial charge in [-0.2, -0.15) is 5.26 Å². The average Bonchev–Trinajstić information content (AvgIpc) is 2.60. The molecule has 5 nitrogen and oxygen atoms in total. The third-order valence-corrected chi connectivity index (χ3v) is 4.07. The molecule has 0 unspecified atom stereocenters. The van der Waals surface area contributed by atoms with E-state index in [0.717, 1.165) is 21.0 Å². The summed E-state index contributed by atoms with van der Waals surface area (Å²) < 4.78 is 1.05. The van der Waals surface area contributed by atoms with E-state index in [1.807, 2.05) is 48.5 Å². The van der Waals surface area contributed by atoms with E-state index < -0.39 is 5.56 Å². The smallest absolute Gasteiger partial charge is 0.271 e. The van der Waals surface area contributed by atoms with E-state index in [0.29, 0.717) is 11.1 Å². The molecule has 0 spiro atoms. The Morgan fingerprint density at radius 2 is 1.92 bits per heavy atom. The molecular weight excluding hydrogens is 302 g/mol. The largest absolute Gasteiger partial charge is 0.494 e. The second-order valence-electron chi connectivity index (χ2n) is 5.47. The zero-order chi connectivity index (χ0) is 17.3. The fourth-order valence-corrected chi connectivity index (χ4v) is 2.65. The van der Waals surface area contributed by atoms with Gasteiger partial charge in [0.15, 0.2) is 0 Å². The van der Waals surface area contributed by atoms with Crippen molar-refractivity contribution in [2.75, 3.05) is 0 Å². The predicted octanol–water partition coefficient (Wildman–Crippen LogP) is 3.17. The lowest BCUT2D eigenvalue weighted by Gasteiger charge is -2.10. The van der Waals surface area contributed by atoms with E-state index >= 15 is 0 Å². The van der Waals surface area contributed by atoms with Crippen LogP contribution >= 0.6 is 0 Å². The SMILES string of the molecule is Cc1c(C=Nc2cccc3ccccc23)c(O)n(C)c(=O)c1C#N. The van der Waals surface area contributed by atoms with E-state index in [1.54, 1.807) is 6.92 Å². The van der Waals surface area contributed by atoms with E-state index in [1.165, 1.54) is 13.3 Å². The fraction of sp³-hybridized carbons (Fsp3) is 0.105. The molecule has 1 N–H and O–H groups in total. The van der Waals surface area contributed by atoms with Gasteiger partial charge in [-0.3, -0.25) is 14.4 Å². The Hall–Kier alpha value is -3.39. The number of aromatic hydroxyl groups is 1. The van der Waals surface area contributed by atoms with Gasteiger partial charge >= 0.3 is 0 Å². The molecule has 0 saturated carbocycles. The van der Waals surface area contributed by atoms with Crippen LogP contribution in [0.5, 0.6) is 5.88 Å². The zero-order valence-corrected chi connectivity index (χ0v) is 13.3. The van der Waals surface area contributed by atoms with Crippen molar-refractivity contribution in [1.29, 1.82) is 5.26 Å². The highest BCUT2D eigenvalue weighted by Crippen LogP contribution is 2.26. The monoisotopic (exact) mass is 317 g/mol. The summed E-state index contributed by atoms with van der Waals surface area (Å²) in [5.41, 5.74) is 1.02. The maximum atomic E-state index is 12.0. The quantitative estimate of drug-likeness (QED) is 0.737. The van der Waals surface area contributed by atoms with E-state index in [4.69, 9.17) is 0 Å². The summed E-state index contributed by atoms with van der Waals surface area (Å²) >= 11 is 0. The van der Waals surface area contributed by atoms with Gasteiger partial charge in [-0.05, 0) is 23.9 Å². The fourth-order valence-electron chi connectivity index (χ4n) is 2.65. The van der Waals surface area contributed by atoms with Crippen molar-refractivity contribution in [1.82, 2.24) is 4.57 Å². The lowest BCUT2D eigenvalue weighted by molar-refractivity contribution is 0.421. The highest BCUT2D eigenvalue weighted by molar-refractivity contribution is 5.96. The third kappa shape index (κ3) is 2.44. The summed E-state index contributed by atoms with van der Waals surface area (Å²) in [6.07, 6.45) is 1.49. The number of aliphatic imine (C=N–C) groups is 1. The standard InChI is InChI=1S/C19H15N3O2/c1-12-15(10-20)18(23)22(2)19(24)16(12)11-21-17-9-5-7-13-6-3-4-8-14(13)17/h3-9,11,24H,1-2H3. The Labute approximate surface area is 138 Å². The van der Waals surface area contributed by atoms with Crippen LogP contribution in [-0.4, -0.2) is 15.9 Å². The molecule has 118 valence electrons. The summed E-state index contributed by atoms with van der Waals surface area (Å²) in [4.78, 5) is 16.4. The van der Waals surface area contributed by atoms with Crippen LogP contribution in [0, 0.1) is 18.3 Å². The van der Waals surface area contributed by atoms with Crippen LogP contribution in [0.3, 0.4) is 0 Å². The highest BCUT2D eigenvalue weighted by atomic mass is 16.3. The summed E-state index contributed by atoms with van der Waals surface area (Å²) in [5, 5.41) is 21.5. The number of fused-ring (bicyclic) bond motifs is 1. The maximum absolute atomic E-state index is 12.0. The van der Waals surface area contributed by atoms with Crippen LogP contribution in [-0.2, 0) is 7.05 Å². The molecule has 0 aliphatic rings. The van der Waals surface area contributed by atoms with Gasteiger partial charge in [0.25, 0.3) is 5.56 Å². The molecule has 1 aromatic heterocycles. The van der Waals surface area contributed by atoms with Crippen LogP contribution < -0.4 is 5.56 Å². The Morgan fingerprint density at radius 1 is 1.21 bits per heavy atom. The Morgan fingerprint density at radius 3 is 2.67 bits per heavy atom. The molecule has 0 fully saturated rings. The van der Waals surface area contributed by atoms with Gasteiger partial charge in [0.05, 0.1) is 11.3 Å². The molecular formula is C19H15N3O2. The van der Waals surface area contributed by atoms with Crippen molar-refractivity contribution in [3.63, 3.8) is 0 Å². The van der Waals surface area contributed by atoms with Gasteiger partial charge in [-0.25, -0.2) is 0 Å². The van der Waals surface area contributed by atoms with Crippen molar-refractivity contribution in [3.05, 3.63) is 69.5 Å². The van der Waals surface area contributed by atoms with Crippen LogP contribution in [0.25, 0.3) is 10.8 Å². The van der Waals surface area contributed by atoms with Crippen molar-refractivity contribution < 1.29 is 5.11 Å². The second kappa shape index (κ2) is 6.01. The minimum atomic E-state index is -0.519. The predicted molar refractivity (Wildman–Crippen MR) is 94.0 cm³/mol. The van der Waals surface area contributed by atoms with Crippen molar-refractivity contribution >= 4 is 22.7 Å². The number of aromatic nitrogens is 1. The average molecular weight is 317 g/mol. The molecule has 0 aliphatic carbocycles. The number of nitriles is 1. The molecule has 3 rings (SSSR count). The summed E-state index contributed by atoms with van der Waals surface area (Å²) in [7, 11) is 1.42. The topological polar surface area (TPSA) is 78.4 Å². The van der Waals surface area contributed by atoms with E-state index in [2.05, 4.69) is 4.99 Å². The summed E-state index contributed by atoms with van der Waals surface area (Å²) in [5.74, 6) is -0.208. The van der Waals surface area contributed by atoms with Crippen molar-refractivity contribution in [3.8, 4) is 11.9 Å². The summed E-state index contributed by atoms with van der Waals surface area (Å²) in [6.45, 7) is 1.63. The van der Waals surface area contributed by atoms with Crippen molar-refractivity contribution in [2.45, 2.75) is 6.92 Å². The third-order valence-electron chi connectivity index (χ3n) is 4.07. The molecule has 0 radical (unpaired) electrons. The molecule has 1 heterocycles. The number of benzene rings is 2. The molecule has 0 aliphatic heterocycles. The minimum absolute atomic E-state index is 0.00895. The molecule has 2 aromatic carbocycles. The first-order valence-corrected chi connectivity index (χ1v) is 7.39. The zero-order valence-electron chi connectivity index (χ0n) is 13.3. The van der Waals surface area contributed by atoms with Gasteiger partial charge in [-0.15, -0.1) is 0 Å². The van der Waals surface area contributed by atoms with Crippen LogP contribution in [0.15, 0.2) is 52.3 Å². The van der Waals surface area contributed by atoms with E-state index in [-0.39, 0.29) is 11.4 Å². The number of hydrogen-bond donors (Lipinski definition) is 1. The number of nitrogens with zero attached hydrogens (tertiary/aromatic N) is 3. The maximum Gasteiger partial charge on any atom is 0.271 e. The normalized spacial score (nSPS) is 11.0. The first kappa shape index (κ1) is 15.5. The van der Waals surface area contributed by atoms with Gasteiger partial charge in [0.2, 0.25) is 5.88 Å². The number of rotatable bonds is 2. The van der Waals surface area contributed by atoms with E-state index in [9.17, 15) is 15.2 Å². The molecule has 0 saturated heterocycles. The molecule has 0 amide bonds. The number of hydrogen-bond acceptors (Lipinski definition) is 4. The van der Waals surface area contributed by atoms with Gasteiger partial charge in [0.1, 0.15) is 11.6 Å². The Bertz CT molecular complexity index is 1070. The molecule has 24 heavy (non-hydrogen) atoms. The van der Waals surface area contributed by atoms with Gasteiger partial charge in [-0.1, -0.05) is 36.4 Å². The molecule has 0 bridgehead atoms. The first-order chi connectivity index (χ1) is 11.5. The Kier molecular flexibility index (Phi) is 3.88. The lowest BCUT2D eigenvalue weighted by Crippen LogP contribution is -2.22. The molecule has 0 atom stereocenters. The van der Waals surface area contributed by atoms with Gasteiger partial charge in [0, 0.05) is 18.6 Å². The van der Waals surface area contributed by atoms with Gasteiger partial charge < -0.3 is 5.11 Å².